The molecule has 5 amide bonds. The molecular weight excluding hydrogens is 910 g/mol. The maximum Gasteiger partial charge on any atom is 0.361 e. The molecular formula is C52H58FN11O7. The summed E-state index contributed by atoms with van der Waals surface area (Å²) in [6, 6.07) is 19.7. The molecule has 4 fully saturated rings. The highest BCUT2D eigenvalue weighted by molar-refractivity contribution is 6.04. The molecule has 18 nitrogen and oxygen atoms in total. The number of hydrogen-bond donors (Lipinski definition) is 4. The molecule has 0 spiro atoms. The van der Waals surface area contributed by atoms with Gasteiger partial charge in [-0.05, 0) is 118 Å². The molecule has 3 aromatic carbocycles. The minimum absolute atomic E-state index is 0.0478. The third-order valence-electron chi connectivity index (χ3n) is 14.1. The minimum atomic E-state index is -1.36. The Morgan fingerprint density at radius 3 is 2.07 bits per heavy atom. The zero-order valence-electron chi connectivity index (χ0n) is 39.4. The van der Waals surface area contributed by atoms with Crippen molar-refractivity contribution in [3.63, 3.8) is 0 Å². The van der Waals surface area contributed by atoms with Crippen molar-refractivity contribution in [3.05, 3.63) is 126 Å². The SMILES string of the molecule is Nc1ncc(-c2cnn(C3CCN(CC4CCN(CC5CCN(C(=O)c6ccc(C(=O)NC7CCC(=O)NC7=O)cc6)CC5)CC4)CC3)c2)nc1C(=O)O[C@@H](C(=O)Nc1ccc(F)cc1)c1ccccc1. The topological polar surface area (TPSA) is 227 Å². The van der Waals surface area contributed by atoms with Crippen molar-refractivity contribution in [2.75, 3.05) is 63.4 Å². The third kappa shape index (κ3) is 12.2. The number of hydrogen-bond acceptors (Lipinski definition) is 13. The fourth-order valence-corrected chi connectivity index (χ4v) is 9.95. The largest absolute Gasteiger partial charge is 0.442 e. The average molecular weight is 968 g/mol. The van der Waals surface area contributed by atoms with Gasteiger partial charge >= 0.3 is 5.97 Å². The van der Waals surface area contributed by atoms with E-state index in [1.54, 1.807) is 60.8 Å². The van der Waals surface area contributed by atoms with E-state index in [1.807, 2.05) is 15.8 Å². The molecule has 71 heavy (non-hydrogen) atoms. The van der Waals surface area contributed by atoms with Crippen molar-refractivity contribution in [3.8, 4) is 11.3 Å². The number of carbonyl (C=O) groups excluding carboxylic acids is 6. The molecule has 0 bridgehead atoms. The van der Waals surface area contributed by atoms with E-state index in [4.69, 9.17) is 10.5 Å². The summed E-state index contributed by atoms with van der Waals surface area (Å²) in [5.41, 5.74) is 8.56. The molecule has 4 aliphatic heterocycles. The van der Waals surface area contributed by atoms with Crippen LogP contribution in [0.4, 0.5) is 15.9 Å². The number of amides is 5. The van der Waals surface area contributed by atoms with E-state index in [-0.39, 0.29) is 42.2 Å². The Morgan fingerprint density at radius 1 is 0.775 bits per heavy atom. The highest BCUT2D eigenvalue weighted by Gasteiger charge is 2.32. The molecule has 9 rings (SSSR count). The van der Waals surface area contributed by atoms with E-state index in [9.17, 15) is 33.2 Å². The van der Waals surface area contributed by atoms with Gasteiger partial charge in [0.2, 0.25) is 17.9 Å². The fraction of sp³-hybridized carbons (Fsp3) is 0.404. The summed E-state index contributed by atoms with van der Waals surface area (Å²) in [6.07, 6.45) is 10.3. The number of nitrogens with one attached hydrogen (secondary N) is 3. The van der Waals surface area contributed by atoms with E-state index in [1.165, 1.54) is 30.5 Å². The summed E-state index contributed by atoms with van der Waals surface area (Å²) < 4.78 is 21.2. The lowest BCUT2D eigenvalue weighted by atomic mass is 9.91. The number of carbonyl (C=O) groups is 6. The number of esters is 1. The van der Waals surface area contributed by atoms with Gasteiger partial charge in [0.25, 0.3) is 17.7 Å². The molecule has 0 saturated carbocycles. The number of nitrogens with zero attached hydrogens (tertiary/aromatic N) is 7. The first-order valence-electron chi connectivity index (χ1n) is 24.4. The van der Waals surface area contributed by atoms with Crippen LogP contribution in [-0.2, 0) is 19.1 Å². The Morgan fingerprint density at radius 2 is 1.41 bits per heavy atom. The minimum Gasteiger partial charge on any atom is -0.442 e. The summed E-state index contributed by atoms with van der Waals surface area (Å²) in [5, 5.41) is 12.3. The van der Waals surface area contributed by atoms with Gasteiger partial charge in [-0.3, -0.25) is 34.0 Å². The monoisotopic (exact) mass is 967 g/mol. The van der Waals surface area contributed by atoms with Gasteiger partial charge in [-0.15, -0.1) is 0 Å². The van der Waals surface area contributed by atoms with Crippen LogP contribution < -0.4 is 21.7 Å². The molecule has 5 aromatic rings. The third-order valence-corrected chi connectivity index (χ3v) is 14.1. The molecule has 0 aliphatic carbocycles. The molecule has 370 valence electrons. The molecule has 2 atom stereocenters. The lowest BCUT2D eigenvalue weighted by Crippen LogP contribution is -2.52. The number of ether oxygens (including phenoxy) is 1. The Bertz CT molecular complexity index is 2710. The molecule has 6 heterocycles. The summed E-state index contributed by atoms with van der Waals surface area (Å²) >= 11 is 0. The quantitative estimate of drug-likeness (QED) is 0.0847. The van der Waals surface area contributed by atoms with E-state index in [0.717, 1.165) is 77.8 Å². The van der Waals surface area contributed by atoms with E-state index in [2.05, 4.69) is 40.8 Å². The summed E-state index contributed by atoms with van der Waals surface area (Å²) in [6.45, 7) is 7.61. The second-order valence-corrected chi connectivity index (χ2v) is 19.0. The highest BCUT2D eigenvalue weighted by Crippen LogP contribution is 2.30. The number of imide groups is 1. The van der Waals surface area contributed by atoms with Gasteiger partial charge in [0, 0.05) is 79.8 Å². The van der Waals surface area contributed by atoms with Crippen LogP contribution in [-0.4, -0.2) is 128 Å². The lowest BCUT2D eigenvalue weighted by Gasteiger charge is -2.39. The Kier molecular flexibility index (Phi) is 15.2. The number of piperidine rings is 4. The summed E-state index contributed by atoms with van der Waals surface area (Å²) in [7, 11) is 0. The zero-order chi connectivity index (χ0) is 49.4. The smallest absolute Gasteiger partial charge is 0.361 e. The van der Waals surface area contributed by atoms with Gasteiger partial charge in [0.1, 0.15) is 11.9 Å². The maximum absolute atomic E-state index is 13.6. The first-order chi connectivity index (χ1) is 34.4. The fourth-order valence-electron chi connectivity index (χ4n) is 9.95. The molecule has 0 radical (unpaired) electrons. The van der Waals surface area contributed by atoms with Crippen molar-refractivity contribution in [1.82, 2.24) is 45.1 Å². The summed E-state index contributed by atoms with van der Waals surface area (Å²) in [5.74, 6) is -2.32. The first kappa shape index (κ1) is 48.6. The van der Waals surface area contributed by atoms with Crippen LogP contribution in [0.25, 0.3) is 11.3 Å². The average Bonchev–Trinajstić information content (AvgIpc) is 3.89. The van der Waals surface area contributed by atoms with Crippen LogP contribution in [0.15, 0.2) is 97.5 Å². The van der Waals surface area contributed by atoms with Crippen LogP contribution in [0, 0.1) is 17.7 Å². The molecule has 5 N–H and O–H groups in total. The number of halogens is 1. The first-order valence-corrected chi connectivity index (χ1v) is 24.4. The predicted molar refractivity (Wildman–Crippen MR) is 260 cm³/mol. The van der Waals surface area contributed by atoms with Crippen molar-refractivity contribution in [2.45, 2.75) is 69.6 Å². The van der Waals surface area contributed by atoms with Crippen molar-refractivity contribution < 1.29 is 37.9 Å². The predicted octanol–water partition coefficient (Wildman–Crippen LogP) is 5.03. The van der Waals surface area contributed by atoms with Crippen molar-refractivity contribution in [2.24, 2.45) is 11.8 Å². The van der Waals surface area contributed by atoms with Crippen LogP contribution in [0.5, 0.6) is 0 Å². The van der Waals surface area contributed by atoms with Crippen molar-refractivity contribution in [1.29, 1.82) is 0 Å². The number of aromatic nitrogens is 4. The zero-order valence-corrected chi connectivity index (χ0v) is 39.4. The molecule has 4 aliphatic rings. The maximum atomic E-state index is 13.6. The van der Waals surface area contributed by atoms with E-state index >= 15 is 0 Å². The van der Waals surface area contributed by atoms with Crippen molar-refractivity contribution >= 4 is 47.0 Å². The molecule has 19 heteroatoms. The van der Waals surface area contributed by atoms with Gasteiger partial charge in [0.05, 0.1) is 24.1 Å². The number of nitrogen functional groups attached to an aromatic ring is 1. The summed E-state index contributed by atoms with van der Waals surface area (Å²) in [4.78, 5) is 92.4. The number of rotatable bonds is 14. The lowest BCUT2D eigenvalue weighted by molar-refractivity contribution is -0.134. The van der Waals surface area contributed by atoms with Crippen LogP contribution in [0.3, 0.4) is 0 Å². The van der Waals surface area contributed by atoms with Crippen LogP contribution >= 0.6 is 0 Å². The van der Waals surface area contributed by atoms with Gasteiger partial charge in [-0.25, -0.2) is 19.2 Å². The molecule has 2 aromatic heterocycles. The highest BCUT2D eigenvalue weighted by atomic mass is 19.1. The molecule has 1 unspecified atom stereocenters. The number of likely N-dealkylation sites (tertiary alicyclic amines) is 3. The Balaban J connectivity index is 0.694. The number of nitrogens with two attached hydrogens (primary N) is 1. The van der Waals surface area contributed by atoms with Gasteiger partial charge in [-0.2, -0.15) is 5.10 Å². The Hall–Kier alpha value is -7.38. The van der Waals surface area contributed by atoms with E-state index in [0.29, 0.717) is 58.6 Å². The van der Waals surface area contributed by atoms with Gasteiger partial charge in [0.15, 0.2) is 11.5 Å². The second kappa shape index (κ2) is 22.1. The Labute approximate surface area is 410 Å². The van der Waals surface area contributed by atoms with E-state index < -0.39 is 41.7 Å². The molecule has 4 saturated heterocycles. The standard InChI is InChI=1S/C52H58FN11O7/c53-39-10-12-40(13-11-39)57-50(68)46(35-4-2-1-3-5-35)71-52(70)45-47(54)55-29-43(58-45)38-28-56-64(32-38)41-20-24-62(25-21-41)30-33-16-22-61(23-17-33)31-34-18-26-63(27-19-34)51(69)37-8-6-36(7-9-37)48(66)59-42-14-15-44(65)60-49(42)67/h1-13,28-29,32-34,41-42,46H,14-27,30-31H2,(H2,54,55)(H,57,68)(H,59,66)(H,60,65,67)/t42?,46-/m1/s1. The van der Waals surface area contributed by atoms with Gasteiger partial charge < -0.3 is 35.8 Å². The number of anilines is 2. The van der Waals surface area contributed by atoms with Gasteiger partial charge in [-0.1, -0.05) is 30.3 Å². The normalized spacial score (nSPS) is 19.2. The number of benzene rings is 3. The van der Waals surface area contributed by atoms with Crippen LogP contribution in [0.1, 0.15) is 100 Å². The van der Waals surface area contributed by atoms with Crippen LogP contribution in [0.2, 0.25) is 0 Å². The second-order valence-electron chi connectivity index (χ2n) is 19.0.